The molecule has 1 aromatic heterocycles. The second-order valence-electron chi connectivity index (χ2n) is 6.73. The standard InChI is InChI=1S/C18H24N4O2.ClH/c1-12-4-3-5-15(6-12)22-11-13(9-20-22)10-21(2)18(24)14-7-16(19)17(23)8-14;/h3-6,9,11,14,16-17,23H,7-8,10,19H2,1-2H3;1H/t14-,16+,17+;/m0./s1. The Labute approximate surface area is 154 Å². The predicted octanol–water partition coefficient (Wildman–Crippen LogP) is 1.66. The molecule has 0 bridgehead atoms. The maximum Gasteiger partial charge on any atom is 0.225 e. The summed E-state index contributed by atoms with van der Waals surface area (Å²) in [7, 11) is 1.78. The Kier molecular flexibility index (Phi) is 6.21. The van der Waals surface area contributed by atoms with Gasteiger partial charge in [-0.25, -0.2) is 4.68 Å². The summed E-state index contributed by atoms with van der Waals surface area (Å²) in [6.07, 6.45) is 4.14. The fraction of sp³-hybridized carbons (Fsp3) is 0.444. The van der Waals surface area contributed by atoms with E-state index in [2.05, 4.69) is 11.2 Å². The molecule has 7 heteroatoms. The van der Waals surface area contributed by atoms with Crippen molar-refractivity contribution in [3.8, 4) is 5.69 Å². The number of carbonyl (C=O) groups excluding carboxylic acids is 1. The molecule has 1 aromatic carbocycles. The van der Waals surface area contributed by atoms with Gasteiger partial charge in [-0.3, -0.25) is 4.79 Å². The van der Waals surface area contributed by atoms with Gasteiger partial charge in [-0.1, -0.05) is 12.1 Å². The summed E-state index contributed by atoms with van der Waals surface area (Å²) < 4.78 is 1.82. The number of aliphatic hydroxyl groups excluding tert-OH is 1. The Morgan fingerprint density at radius 1 is 1.44 bits per heavy atom. The van der Waals surface area contributed by atoms with Crippen molar-refractivity contribution in [1.29, 1.82) is 0 Å². The molecular weight excluding hydrogens is 340 g/mol. The van der Waals surface area contributed by atoms with E-state index in [0.717, 1.165) is 11.3 Å². The molecule has 1 amide bonds. The average Bonchev–Trinajstić information content (AvgIpc) is 3.14. The van der Waals surface area contributed by atoms with Crippen molar-refractivity contribution in [3.63, 3.8) is 0 Å². The molecule has 0 spiro atoms. The van der Waals surface area contributed by atoms with Gasteiger partial charge in [0.2, 0.25) is 5.91 Å². The first-order valence-corrected chi connectivity index (χ1v) is 8.23. The first-order valence-electron chi connectivity index (χ1n) is 8.23. The number of nitrogens with two attached hydrogens (primary N) is 1. The Hall–Kier alpha value is -1.89. The molecule has 25 heavy (non-hydrogen) atoms. The Balaban J connectivity index is 0.00000225. The van der Waals surface area contributed by atoms with Crippen LogP contribution in [0, 0.1) is 12.8 Å². The van der Waals surface area contributed by atoms with Crippen molar-refractivity contribution >= 4 is 18.3 Å². The lowest BCUT2D eigenvalue weighted by Crippen LogP contribution is -2.32. The number of aryl methyl sites for hydroxylation is 1. The van der Waals surface area contributed by atoms with Crippen molar-refractivity contribution in [2.24, 2.45) is 11.7 Å². The van der Waals surface area contributed by atoms with Gasteiger partial charge in [0.25, 0.3) is 0 Å². The molecule has 6 nitrogen and oxygen atoms in total. The summed E-state index contributed by atoms with van der Waals surface area (Å²) in [4.78, 5) is 14.2. The molecule has 0 aliphatic heterocycles. The van der Waals surface area contributed by atoms with Crippen LogP contribution >= 0.6 is 12.4 Å². The molecule has 1 aliphatic rings. The average molecular weight is 365 g/mol. The number of rotatable bonds is 4. The zero-order valence-corrected chi connectivity index (χ0v) is 15.3. The number of aromatic nitrogens is 2. The van der Waals surface area contributed by atoms with E-state index < -0.39 is 6.10 Å². The fourth-order valence-corrected chi connectivity index (χ4v) is 3.27. The molecule has 1 fully saturated rings. The van der Waals surface area contributed by atoms with Crippen molar-refractivity contribution in [2.45, 2.75) is 38.5 Å². The van der Waals surface area contributed by atoms with Gasteiger partial charge in [0.15, 0.2) is 0 Å². The van der Waals surface area contributed by atoms with Crippen LogP contribution in [0.5, 0.6) is 0 Å². The van der Waals surface area contributed by atoms with E-state index in [4.69, 9.17) is 5.73 Å². The van der Waals surface area contributed by atoms with Gasteiger partial charge in [-0.05, 0) is 37.5 Å². The minimum absolute atomic E-state index is 0. The van der Waals surface area contributed by atoms with Crippen molar-refractivity contribution in [1.82, 2.24) is 14.7 Å². The van der Waals surface area contributed by atoms with Crippen LogP contribution in [0.15, 0.2) is 36.7 Å². The smallest absolute Gasteiger partial charge is 0.225 e. The number of amides is 1. The first-order chi connectivity index (χ1) is 11.4. The highest BCUT2D eigenvalue weighted by atomic mass is 35.5. The van der Waals surface area contributed by atoms with E-state index in [-0.39, 0.29) is 30.3 Å². The number of benzene rings is 1. The third-order valence-electron chi connectivity index (χ3n) is 4.62. The highest BCUT2D eigenvalue weighted by Crippen LogP contribution is 2.26. The maximum absolute atomic E-state index is 12.5. The van der Waals surface area contributed by atoms with Crippen LogP contribution < -0.4 is 5.73 Å². The normalized spacial score (nSPS) is 22.5. The third-order valence-corrected chi connectivity index (χ3v) is 4.62. The van der Waals surface area contributed by atoms with Gasteiger partial charge < -0.3 is 15.7 Å². The lowest BCUT2D eigenvalue weighted by Gasteiger charge is -2.20. The Morgan fingerprint density at radius 2 is 2.20 bits per heavy atom. The molecule has 136 valence electrons. The number of nitrogens with zero attached hydrogens (tertiary/aromatic N) is 3. The highest BCUT2D eigenvalue weighted by molar-refractivity contribution is 5.85. The summed E-state index contributed by atoms with van der Waals surface area (Å²) in [6, 6.07) is 7.81. The van der Waals surface area contributed by atoms with Gasteiger partial charge in [-0.2, -0.15) is 5.10 Å². The molecule has 0 unspecified atom stereocenters. The van der Waals surface area contributed by atoms with Crippen LogP contribution in [-0.2, 0) is 11.3 Å². The van der Waals surface area contributed by atoms with Crippen LogP contribution in [0.25, 0.3) is 5.69 Å². The topological polar surface area (TPSA) is 84.4 Å². The van der Waals surface area contributed by atoms with Crippen LogP contribution in [0.2, 0.25) is 0 Å². The molecule has 1 saturated carbocycles. The SMILES string of the molecule is Cc1cccc(-n2cc(CN(C)C(=O)[C@H]3C[C@@H](N)[C@H](O)C3)cn2)c1.Cl. The number of carbonyl (C=O) groups is 1. The zero-order valence-electron chi connectivity index (χ0n) is 14.5. The maximum atomic E-state index is 12.5. The predicted molar refractivity (Wildman–Crippen MR) is 98.7 cm³/mol. The number of hydrogen-bond acceptors (Lipinski definition) is 4. The molecule has 3 atom stereocenters. The van der Waals surface area contributed by atoms with E-state index in [1.54, 1.807) is 18.1 Å². The van der Waals surface area contributed by atoms with E-state index in [9.17, 15) is 9.90 Å². The van der Waals surface area contributed by atoms with Gasteiger partial charge in [-0.15, -0.1) is 12.4 Å². The van der Waals surface area contributed by atoms with Gasteiger partial charge in [0, 0.05) is 37.3 Å². The Bertz CT molecular complexity index is 723. The van der Waals surface area contributed by atoms with E-state index in [1.165, 1.54) is 5.56 Å². The first kappa shape index (κ1) is 19.4. The second-order valence-corrected chi connectivity index (χ2v) is 6.73. The minimum Gasteiger partial charge on any atom is -0.391 e. The van der Waals surface area contributed by atoms with Crippen molar-refractivity contribution in [2.75, 3.05) is 7.05 Å². The second kappa shape index (κ2) is 7.99. The van der Waals surface area contributed by atoms with Crippen molar-refractivity contribution in [3.05, 3.63) is 47.8 Å². The molecule has 0 radical (unpaired) electrons. The lowest BCUT2D eigenvalue weighted by molar-refractivity contribution is -0.134. The van der Waals surface area contributed by atoms with Gasteiger partial charge >= 0.3 is 0 Å². The largest absolute Gasteiger partial charge is 0.391 e. The summed E-state index contributed by atoms with van der Waals surface area (Å²) in [6.45, 7) is 2.54. The number of halogens is 1. The Morgan fingerprint density at radius 3 is 2.84 bits per heavy atom. The van der Waals surface area contributed by atoms with Crippen LogP contribution in [0.3, 0.4) is 0 Å². The highest BCUT2D eigenvalue weighted by Gasteiger charge is 2.36. The number of aliphatic hydroxyl groups is 1. The van der Waals surface area contributed by atoms with E-state index >= 15 is 0 Å². The molecule has 1 heterocycles. The quantitative estimate of drug-likeness (QED) is 0.864. The molecule has 2 aromatic rings. The number of hydrogen-bond donors (Lipinski definition) is 2. The summed E-state index contributed by atoms with van der Waals surface area (Å²) >= 11 is 0. The summed E-state index contributed by atoms with van der Waals surface area (Å²) in [5.74, 6) is -0.155. The van der Waals surface area contributed by atoms with Gasteiger partial charge in [0.1, 0.15) is 0 Å². The fourth-order valence-electron chi connectivity index (χ4n) is 3.27. The van der Waals surface area contributed by atoms with E-state index in [1.807, 2.05) is 36.0 Å². The van der Waals surface area contributed by atoms with Gasteiger partial charge in [0.05, 0.1) is 18.0 Å². The van der Waals surface area contributed by atoms with Crippen molar-refractivity contribution < 1.29 is 9.90 Å². The van der Waals surface area contributed by atoms with Crippen LogP contribution in [0.1, 0.15) is 24.0 Å². The zero-order chi connectivity index (χ0) is 17.3. The lowest BCUT2D eigenvalue weighted by atomic mass is 10.1. The molecule has 3 N–H and O–H groups in total. The monoisotopic (exact) mass is 364 g/mol. The van der Waals surface area contributed by atoms with Crippen LogP contribution in [0.4, 0.5) is 0 Å². The van der Waals surface area contributed by atoms with E-state index in [0.29, 0.717) is 19.4 Å². The molecule has 3 rings (SSSR count). The molecule has 1 aliphatic carbocycles. The molecule has 0 saturated heterocycles. The minimum atomic E-state index is -0.573. The third kappa shape index (κ3) is 4.39. The summed E-state index contributed by atoms with van der Waals surface area (Å²) in [5.41, 5.74) is 8.95. The summed E-state index contributed by atoms with van der Waals surface area (Å²) in [5, 5.41) is 14.1. The molecular formula is C18H25ClN4O2. The van der Waals surface area contributed by atoms with Crippen LogP contribution in [-0.4, -0.2) is 44.9 Å².